The fourth-order valence-electron chi connectivity index (χ4n) is 3.03. The van der Waals surface area contributed by atoms with Gasteiger partial charge in [-0.15, -0.1) is 5.10 Å². The molecule has 0 fully saturated rings. The second-order valence-electron chi connectivity index (χ2n) is 7.13. The van der Waals surface area contributed by atoms with Crippen molar-refractivity contribution in [1.82, 2.24) is 14.8 Å². The fourth-order valence-corrected chi connectivity index (χ4v) is 3.77. The maximum atomic E-state index is 12.6. The summed E-state index contributed by atoms with van der Waals surface area (Å²) in [5, 5.41) is 9.85. The Morgan fingerprint density at radius 3 is 2.53 bits per heavy atom. The van der Waals surface area contributed by atoms with Gasteiger partial charge < -0.3 is 10.1 Å². The average molecular weight is 447 g/mol. The molecule has 0 aliphatic heterocycles. The topological polar surface area (TPSA) is 89.0 Å². The lowest BCUT2D eigenvalue weighted by Gasteiger charge is -2.12. The molecule has 0 saturated carbocycles. The minimum absolute atomic E-state index is 0.0952. The predicted molar refractivity (Wildman–Crippen MR) is 125 cm³/mol. The summed E-state index contributed by atoms with van der Waals surface area (Å²) in [7, 11) is 0. The van der Waals surface area contributed by atoms with E-state index in [2.05, 4.69) is 15.5 Å². The van der Waals surface area contributed by atoms with Crippen LogP contribution in [0, 0.1) is 6.92 Å². The molecule has 3 aromatic carbocycles. The van der Waals surface area contributed by atoms with E-state index in [0.717, 1.165) is 11.1 Å². The number of rotatable bonds is 8. The molecule has 4 rings (SSSR count). The number of carbonyl (C=O) groups excluding carboxylic acids is 1. The van der Waals surface area contributed by atoms with Crippen molar-refractivity contribution in [2.75, 3.05) is 11.1 Å². The zero-order valence-electron chi connectivity index (χ0n) is 17.4. The van der Waals surface area contributed by atoms with Crippen molar-refractivity contribution < 1.29 is 9.53 Å². The number of aromatic amines is 1. The minimum atomic E-state index is -0.311. The SMILES string of the molecule is Cc1ccc(Oc2ccccc2NC(=O)CSc2n[nH]c(=O)n2Cc2ccccc2)cc1. The van der Waals surface area contributed by atoms with Gasteiger partial charge in [0.2, 0.25) is 5.91 Å². The quantitative estimate of drug-likeness (QED) is 0.390. The van der Waals surface area contributed by atoms with Crippen LogP contribution in [0.15, 0.2) is 88.8 Å². The molecule has 0 bridgehead atoms. The van der Waals surface area contributed by atoms with Crippen LogP contribution < -0.4 is 15.7 Å². The zero-order valence-corrected chi connectivity index (χ0v) is 18.3. The van der Waals surface area contributed by atoms with Crippen LogP contribution in [0.2, 0.25) is 0 Å². The van der Waals surface area contributed by atoms with E-state index in [1.54, 1.807) is 12.1 Å². The number of ether oxygens (including phenoxy) is 1. The smallest absolute Gasteiger partial charge is 0.344 e. The molecule has 2 N–H and O–H groups in total. The van der Waals surface area contributed by atoms with Crippen LogP contribution in [0.1, 0.15) is 11.1 Å². The molecule has 1 heterocycles. The number of carbonyl (C=O) groups is 1. The number of nitrogens with one attached hydrogen (secondary N) is 2. The monoisotopic (exact) mass is 446 g/mol. The number of amides is 1. The van der Waals surface area contributed by atoms with Gasteiger partial charge in [-0.1, -0.05) is 71.9 Å². The summed E-state index contributed by atoms with van der Waals surface area (Å²) in [4.78, 5) is 24.7. The Hall–Kier alpha value is -3.78. The molecule has 32 heavy (non-hydrogen) atoms. The number of anilines is 1. The van der Waals surface area contributed by atoms with Gasteiger partial charge in [-0.3, -0.25) is 9.36 Å². The lowest BCUT2D eigenvalue weighted by Crippen LogP contribution is -2.19. The Balaban J connectivity index is 1.40. The molecule has 0 radical (unpaired) electrons. The molecule has 0 aliphatic rings. The van der Waals surface area contributed by atoms with E-state index in [1.165, 1.54) is 16.3 Å². The standard InChI is InChI=1S/C24H22N4O3S/c1-17-11-13-19(14-12-17)31-21-10-6-5-9-20(21)25-22(29)16-32-24-27-26-23(30)28(24)15-18-7-3-2-4-8-18/h2-14H,15-16H2,1H3,(H,25,29)(H,26,30). The third-order valence-electron chi connectivity index (χ3n) is 4.65. The van der Waals surface area contributed by atoms with Gasteiger partial charge in [-0.05, 0) is 36.8 Å². The molecule has 1 amide bonds. The zero-order chi connectivity index (χ0) is 22.3. The number of benzene rings is 3. The summed E-state index contributed by atoms with van der Waals surface area (Å²) < 4.78 is 7.45. The molecular formula is C24H22N4O3S. The van der Waals surface area contributed by atoms with Crippen LogP contribution in [0.25, 0.3) is 0 Å². The van der Waals surface area contributed by atoms with Crippen molar-refractivity contribution >= 4 is 23.4 Å². The van der Waals surface area contributed by atoms with Gasteiger partial charge in [0.25, 0.3) is 0 Å². The molecule has 1 aromatic heterocycles. The molecule has 4 aromatic rings. The van der Waals surface area contributed by atoms with Gasteiger partial charge in [0, 0.05) is 0 Å². The van der Waals surface area contributed by atoms with Crippen LogP contribution in [0.5, 0.6) is 11.5 Å². The van der Waals surface area contributed by atoms with Crippen molar-refractivity contribution in [3.8, 4) is 11.5 Å². The minimum Gasteiger partial charge on any atom is -0.455 e. The van der Waals surface area contributed by atoms with Gasteiger partial charge in [-0.2, -0.15) is 0 Å². The maximum Gasteiger partial charge on any atom is 0.344 e. The van der Waals surface area contributed by atoms with E-state index in [4.69, 9.17) is 4.74 Å². The summed E-state index contributed by atoms with van der Waals surface area (Å²) in [5.74, 6) is 1.11. The van der Waals surface area contributed by atoms with E-state index in [0.29, 0.717) is 28.9 Å². The van der Waals surface area contributed by atoms with E-state index in [-0.39, 0.29) is 17.3 Å². The lowest BCUT2D eigenvalue weighted by atomic mass is 10.2. The molecule has 0 saturated heterocycles. The average Bonchev–Trinajstić information content (AvgIpc) is 3.15. The first-order valence-electron chi connectivity index (χ1n) is 10.0. The van der Waals surface area contributed by atoms with Gasteiger partial charge in [0.1, 0.15) is 5.75 Å². The third-order valence-corrected chi connectivity index (χ3v) is 5.63. The molecule has 0 aliphatic carbocycles. The van der Waals surface area contributed by atoms with Crippen LogP contribution >= 0.6 is 11.8 Å². The van der Waals surface area contributed by atoms with Crippen molar-refractivity contribution in [3.63, 3.8) is 0 Å². The largest absolute Gasteiger partial charge is 0.455 e. The molecule has 162 valence electrons. The Morgan fingerprint density at radius 2 is 1.75 bits per heavy atom. The summed E-state index contributed by atoms with van der Waals surface area (Å²) in [6.07, 6.45) is 0. The highest BCUT2D eigenvalue weighted by atomic mass is 32.2. The second-order valence-corrected chi connectivity index (χ2v) is 8.07. The number of para-hydroxylation sites is 2. The molecule has 8 heteroatoms. The van der Waals surface area contributed by atoms with Crippen LogP contribution in [-0.2, 0) is 11.3 Å². The molecule has 0 unspecified atom stereocenters. The Bertz CT molecular complexity index is 1250. The van der Waals surface area contributed by atoms with Crippen molar-refractivity contribution in [2.24, 2.45) is 0 Å². The maximum absolute atomic E-state index is 12.6. The molecule has 0 atom stereocenters. The summed E-state index contributed by atoms with van der Waals surface area (Å²) >= 11 is 1.19. The Kier molecular flexibility index (Phi) is 6.72. The fraction of sp³-hybridized carbons (Fsp3) is 0.125. The van der Waals surface area contributed by atoms with E-state index < -0.39 is 0 Å². The summed E-state index contributed by atoms with van der Waals surface area (Å²) in [6.45, 7) is 2.39. The van der Waals surface area contributed by atoms with Crippen LogP contribution in [0.4, 0.5) is 5.69 Å². The highest BCUT2D eigenvalue weighted by Gasteiger charge is 2.13. The molecular weight excluding hydrogens is 424 g/mol. The van der Waals surface area contributed by atoms with Crippen molar-refractivity contribution in [1.29, 1.82) is 0 Å². The van der Waals surface area contributed by atoms with Gasteiger partial charge in [-0.25, -0.2) is 9.89 Å². The number of aryl methyl sites for hydroxylation is 1. The first-order valence-corrected chi connectivity index (χ1v) is 11.0. The Morgan fingerprint density at radius 1 is 1.03 bits per heavy atom. The predicted octanol–water partition coefficient (Wildman–Crippen LogP) is 4.45. The first-order chi connectivity index (χ1) is 15.6. The van der Waals surface area contributed by atoms with E-state index in [1.807, 2.05) is 73.7 Å². The molecule has 7 nitrogen and oxygen atoms in total. The lowest BCUT2D eigenvalue weighted by molar-refractivity contribution is -0.113. The first kappa shape index (κ1) is 21.5. The van der Waals surface area contributed by atoms with E-state index in [9.17, 15) is 9.59 Å². The highest BCUT2D eigenvalue weighted by molar-refractivity contribution is 7.99. The Labute approximate surface area is 189 Å². The van der Waals surface area contributed by atoms with Crippen molar-refractivity contribution in [2.45, 2.75) is 18.6 Å². The summed E-state index contributed by atoms with van der Waals surface area (Å²) in [5.41, 5.74) is 2.38. The van der Waals surface area contributed by atoms with Crippen molar-refractivity contribution in [3.05, 3.63) is 100 Å². The van der Waals surface area contributed by atoms with Gasteiger partial charge in [0.05, 0.1) is 18.0 Å². The second kappa shape index (κ2) is 10.0. The number of thioether (sulfide) groups is 1. The number of hydrogen-bond acceptors (Lipinski definition) is 5. The third kappa shape index (κ3) is 5.47. The van der Waals surface area contributed by atoms with Crippen LogP contribution in [0.3, 0.4) is 0 Å². The number of aromatic nitrogens is 3. The van der Waals surface area contributed by atoms with Crippen LogP contribution in [-0.4, -0.2) is 26.4 Å². The highest BCUT2D eigenvalue weighted by Crippen LogP contribution is 2.29. The normalized spacial score (nSPS) is 10.7. The van der Waals surface area contributed by atoms with Gasteiger partial charge in [0.15, 0.2) is 10.9 Å². The number of nitrogens with zero attached hydrogens (tertiary/aromatic N) is 2. The number of H-pyrrole nitrogens is 1. The summed E-state index contributed by atoms with van der Waals surface area (Å²) in [6, 6.07) is 24.6. The molecule has 0 spiro atoms. The van der Waals surface area contributed by atoms with Gasteiger partial charge >= 0.3 is 5.69 Å². The van der Waals surface area contributed by atoms with E-state index >= 15 is 0 Å². The number of hydrogen-bond donors (Lipinski definition) is 2.